The molecule has 0 aliphatic rings. The summed E-state index contributed by atoms with van der Waals surface area (Å²) in [7, 11) is 1.66. The van der Waals surface area contributed by atoms with Crippen molar-refractivity contribution in [2.45, 2.75) is 13.3 Å². The molecular formula is C11H15N3O. The van der Waals surface area contributed by atoms with Gasteiger partial charge in [0, 0.05) is 12.1 Å². The van der Waals surface area contributed by atoms with Crippen molar-refractivity contribution in [1.29, 1.82) is 0 Å². The predicted octanol–water partition coefficient (Wildman–Crippen LogP) is 1.15. The Morgan fingerprint density at radius 3 is 2.93 bits per heavy atom. The maximum Gasteiger partial charge on any atom is 0.137 e. The number of nitrogens with two attached hydrogens (primary N) is 1. The van der Waals surface area contributed by atoms with Gasteiger partial charge in [-0.2, -0.15) is 0 Å². The summed E-state index contributed by atoms with van der Waals surface area (Å²) in [5.74, 6) is 0.832. The molecule has 0 fully saturated rings. The summed E-state index contributed by atoms with van der Waals surface area (Å²) in [6.07, 6.45) is 2.78. The molecule has 0 saturated carbocycles. The molecule has 0 saturated heterocycles. The third-order valence-electron chi connectivity index (χ3n) is 2.51. The quantitative estimate of drug-likeness (QED) is 0.817. The van der Waals surface area contributed by atoms with Gasteiger partial charge < -0.3 is 14.9 Å². The van der Waals surface area contributed by atoms with Crippen LogP contribution in [0.25, 0.3) is 5.65 Å². The van der Waals surface area contributed by atoms with Crippen LogP contribution in [0.2, 0.25) is 0 Å². The van der Waals surface area contributed by atoms with Gasteiger partial charge >= 0.3 is 0 Å². The second-order valence-electron chi connectivity index (χ2n) is 3.48. The molecule has 0 amide bonds. The lowest BCUT2D eigenvalue weighted by Crippen LogP contribution is -2.06. The van der Waals surface area contributed by atoms with E-state index in [1.165, 1.54) is 0 Å². The summed E-state index contributed by atoms with van der Waals surface area (Å²) in [6.45, 7) is 2.64. The van der Waals surface area contributed by atoms with Gasteiger partial charge in [0.1, 0.15) is 11.4 Å². The summed E-state index contributed by atoms with van der Waals surface area (Å²) in [5, 5.41) is 0. The summed E-state index contributed by atoms with van der Waals surface area (Å²) in [5.41, 5.74) is 8.71. The first-order chi connectivity index (χ1) is 7.26. The van der Waals surface area contributed by atoms with E-state index in [0.717, 1.165) is 29.2 Å². The van der Waals surface area contributed by atoms with Crippen molar-refractivity contribution in [3.8, 4) is 5.75 Å². The summed E-state index contributed by atoms with van der Waals surface area (Å²) in [4.78, 5) is 4.46. The molecule has 0 spiro atoms. The second-order valence-corrected chi connectivity index (χ2v) is 3.48. The van der Waals surface area contributed by atoms with Gasteiger partial charge in [-0.3, -0.25) is 0 Å². The highest BCUT2D eigenvalue weighted by atomic mass is 16.5. The van der Waals surface area contributed by atoms with E-state index in [9.17, 15) is 0 Å². The van der Waals surface area contributed by atoms with Crippen LogP contribution in [0.5, 0.6) is 5.75 Å². The van der Waals surface area contributed by atoms with E-state index >= 15 is 0 Å². The molecule has 0 radical (unpaired) electrons. The molecule has 2 heterocycles. The number of fused-ring (bicyclic) bond motifs is 1. The maximum absolute atomic E-state index is 5.58. The standard InChI is InChI=1S/C11H15N3O/c1-8-10(5-6-12)14-7-9(15-2)3-4-11(14)13-8/h3-4,7H,5-6,12H2,1-2H3. The van der Waals surface area contributed by atoms with Gasteiger partial charge in [-0.25, -0.2) is 4.98 Å². The minimum atomic E-state index is 0.631. The van der Waals surface area contributed by atoms with E-state index in [4.69, 9.17) is 10.5 Å². The molecule has 0 aliphatic carbocycles. The predicted molar refractivity (Wildman–Crippen MR) is 59.2 cm³/mol. The Morgan fingerprint density at radius 2 is 2.27 bits per heavy atom. The molecule has 0 atom stereocenters. The number of methoxy groups -OCH3 is 1. The fourth-order valence-electron chi connectivity index (χ4n) is 1.75. The highest BCUT2D eigenvalue weighted by Gasteiger charge is 2.07. The SMILES string of the molecule is COc1ccc2nc(C)c(CCN)n2c1. The molecule has 0 aliphatic heterocycles. The van der Waals surface area contributed by atoms with Crippen molar-refractivity contribution >= 4 is 5.65 Å². The molecule has 4 nitrogen and oxygen atoms in total. The lowest BCUT2D eigenvalue weighted by molar-refractivity contribution is 0.412. The van der Waals surface area contributed by atoms with Crippen molar-refractivity contribution in [2.24, 2.45) is 5.73 Å². The first kappa shape index (κ1) is 9.98. The molecule has 2 aromatic rings. The van der Waals surface area contributed by atoms with Crippen LogP contribution in [-0.4, -0.2) is 23.0 Å². The number of aryl methyl sites for hydroxylation is 1. The molecule has 0 unspecified atom stereocenters. The highest BCUT2D eigenvalue weighted by molar-refractivity contribution is 5.46. The first-order valence-corrected chi connectivity index (χ1v) is 4.98. The lowest BCUT2D eigenvalue weighted by Gasteiger charge is -2.03. The third kappa shape index (κ3) is 1.68. The number of nitrogens with zero attached hydrogens (tertiary/aromatic N) is 2. The van der Waals surface area contributed by atoms with Crippen LogP contribution >= 0.6 is 0 Å². The Kier molecular flexibility index (Phi) is 2.60. The van der Waals surface area contributed by atoms with Gasteiger partial charge in [-0.1, -0.05) is 0 Å². The highest BCUT2D eigenvalue weighted by Crippen LogP contribution is 2.17. The van der Waals surface area contributed by atoms with E-state index in [0.29, 0.717) is 6.54 Å². The van der Waals surface area contributed by atoms with Crippen LogP contribution in [0.4, 0.5) is 0 Å². The van der Waals surface area contributed by atoms with Crippen molar-refractivity contribution in [1.82, 2.24) is 9.38 Å². The monoisotopic (exact) mass is 205 g/mol. The van der Waals surface area contributed by atoms with Gasteiger partial charge in [0.25, 0.3) is 0 Å². The summed E-state index contributed by atoms with van der Waals surface area (Å²) < 4.78 is 7.23. The average molecular weight is 205 g/mol. The lowest BCUT2D eigenvalue weighted by atomic mass is 10.2. The topological polar surface area (TPSA) is 52.5 Å². The fraction of sp³-hybridized carbons (Fsp3) is 0.364. The van der Waals surface area contributed by atoms with E-state index in [1.54, 1.807) is 7.11 Å². The zero-order valence-electron chi connectivity index (χ0n) is 9.03. The molecule has 2 rings (SSSR count). The molecule has 0 aromatic carbocycles. The van der Waals surface area contributed by atoms with E-state index in [-0.39, 0.29) is 0 Å². The normalized spacial score (nSPS) is 10.9. The molecule has 80 valence electrons. The van der Waals surface area contributed by atoms with Crippen LogP contribution in [0.3, 0.4) is 0 Å². The second kappa shape index (κ2) is 3.90. The fourth-order valence-corrected chi connectivity index (χ4v) is 1.75. The smallest absolute Gasteiger partial charge is 0.137 e. The number of imidazole rings is 1. The maximum atomic E-state index is 5.58. The van der Waals surface area contributed by atoms with Gasteiger partial charge in [0.05, 0.1) is 19.0 Å². The Bertz CT molecular complexity index is 476. The van der Waals surface area contributed by atoms with Gasteiger partial charge in [0.2, 0.25) is 0 Å². The van der Waals surface area contributed by atoms with Crippen LogP contribution in [0.1, 0.15) is 11.4 Å². The summed E-state index contributed by atoms with van der Waals surface area (Å²) in [6, 6.07) is 3.86. The summed E-state index contributed by atoms with van der Waals surface area (Å²) >= 11 is 0. The number of rotatable bonds is 3. The van der Waals surface area contributed by atoms with Crippen molar-refractivity contribution in [3.05, 3.63) is 29.7 Å². The number of hydrogen-bond acceptors (Lipinski definition) is 3. The van der Waals surface area contributed by atoms with Crippen molar-refractivity contribution < 1.29 is 4.74 Å². The van der Waals surface area contributed by atoms with Crippen molar-refractivity contribution in [2.75, 3.05) is 13.7 Å². The Hall–Kier alpha value is -1.55. The number of ether oxygens (including phenoxy) is 1. The molecule has 0 bridgehead atoms. The van der Waals surface area contributed by atoms with Crippen LogP contribution < -0.4 is 10.5 Å². The van der Waals surface area contributed by atoms with Gasteiger partial charge in [-0.05, 0) is 25.6 Å². The molecule has 15 heavy (non-hydrogen) atoms. The van der Waals surface area contributed by atoms with Crippen LogP contribution in [-0.2, 0) is 6.42 Å². The zero-order valence-corrected chi connectivity index (χ0v) is 9.03. The minimum Gasteiger partial charge on any atom is -0.495 e. The number of aromatic nitrogens is 2. The molecule has 2 N–H and O–H groups in total. The Morgan fingerprint density at radius 1 is 1.47 bits per heavy atom. The largest absolute Gasteiger partial charge is 0.495 e. The van der Waals surface area contributed by atoms with E-state index in [2.05, 4.69) is 4.98 Å². The van der Waals surface area contributed by atoms with E-state index in [1.807, 2.05) is 29.7 Å². The zero-order chi connectivity index (χ0) is 10.8. The van der Waals surface area contributed by atoms with Gasteiger partial charge in [0.15, 0.2) is 0 Å². The molecule has 2 aromatic heterocycles. The number of hydrogen-bond donors (Lipinski definition) is 1. The third-order valence-corrected chi connectivity index (χ3v) is 2.51. The van der Waals surface area contributed by atoms with Crippen LogP contribution in [0.15, 0.2) is 18.3 Å². The van der Waals surface area contributed by atoms with Gasteiger partial charge in [-0.15, -0.1) is 0 Å². The van der Waals surface area contributed by atoms with Crippen molar-refractivity contribution in [3.63, 3.8) is 0 Å². The minimum absolute atomic E-state index is 0.631. The van der Waals surface area contributed by atoms with E-state index < -0.39 is 0 Å². The first-order valence-electron chi connectivity index (χ1n) is 4.98. The number of pyridine rings is 1. The Labute approximate surface area is 88.7 Å². The molecule has 4 heteroatoms. The van der Waals surface area contributed by atoms with Crippen LogP contribution in [0, 0.1) is 6.92 Å². The Balaban J connectivity index is 2.61. The average Bonchev–Trinajstić information content (AvgIpc) is 2.55. The molecular weight excluding hydrogens is 190 g/mol.